The standard InChI is InChI=1S/C23H27NO6/c1-15(23(26)24-10-9-17-7-5-6-8-18(17)14-24)30-21(25)13-16-11-19(27-2)22(29-4)20(12-16)28-3/h5-8,11-12,15H,9-10,13-14H2,1-4H3/t15-/m1/s1. The topological polar surface area (TPSA) is 74.3 Å². The van der Waals surface area contributed by atoms with Crippen LogP contribution in [-0.2, 0) is 33.7 Å². The minimum absolute atomic E-state index is 0.0167. The Hall–Kier alpha value is -3.22. The van der Waals surface area contributed by atoms with E-state index in [0.717, 1.165) is 12.0 Å². The van der Waals surface area contributed by atoms with Gasteiger partial charge in [0.05, 0.1) is 27.8 Å². The van der Waals surface area contributed by atoms with Gasteiger partial charge in [-0.1, -0.05) is 24.3 Å². The van der Waals surface area contributed by atoms with E-state index in [0.29, 0.717) is 35.9 Å². The third-order valence-corrected chi connectivity index (χ3v) is 5.17. The average molecular weight is 413 g/mol. The van der Waals surface area contributed by atoms with Crippen molar-refractivity contribution in [3.63, 3.8) is 0 Å². The summed E-state index contributed by atoms with van der Waals surface area (Å²) in [7, 11) is 4.54. The molecule has 0 fully saturated rings. The van der Waals surface area contributed by atoms with Crippen molar-refractivity contribution in [3.05, 3.63) is 53.1 Å². The van der Waals surface area contributed by atoms with Gasteiger partial charge in [-0.05, 0) is 42.2 Å². The summed E-state index contributed by atoms with van der Waals surface area (Å²) in [6, 6.07) is 11.5. The van der Waals surface area contributed by atoms with Crippen LogP contribution in [0.25, 0.3) is 0 Å². The molecular weight excluding hydrogens is 386 g/mol. The van der Waals surface area contributed by atoms with E-state index < -0.39 is 12.1 Å². The fourth-order valence-electron chi connectivity index (χ4n) is 3.63. The van der Waals surface area contributed by atoms with Crippen molar-refractivity contribution in [2.45, 2.75) is 32.4 Å². The second-order valence-corrected chi connectivity index (χ2v) is 7.12. The summed E-state index contributed by atoms with van der Waals surface area (Å²) in [5.41, 5.74) is 3.03. The highest BCUT2D eigenvalue weighted by atomic mass is 16.5. The van der Waals surface area contributed by atoms with Gasteiger partial charge in [0, 0.05) is 13.1 Å². The molecule has 7 nitrogen and oxygen atoms in total. The predicted molar refractivity (Wildman–Crippen MR) is 111 cm³/mol. The highest BCUT2D eigenvalue weighted by Crippen LogP contribution is 2.38. The number of fused-ring (bicyclic) bond motifs is 1. The monoisotopic (exact) mass is 413 g/mol. The van der Waals surface area contributed by atoms with Crippen LogP contribution in [0.5, 0.6) is 17.2 Å². The minimum atomic E-state index is -0.857. The molecule has 160 valence electrons. The highest BCUT2D eigenvalue weighted by Gasteiger charge is 2.27. The molecule has 7 heteroatoms. The van der Waals surface area contributed by atoms with Gasteiger partial charge < -0.3 is 23.8 Å². The van der Waals surface area contributed by atoms with Crippen LogP contribution < -0.4 is 14.2 Å². The summed E-state index contributed by atoms with van der Waals surface area (Å²) in [6.07, 6.45) is -0.0737. The first-order valence-electron chi connectivity index (χ1n) is 9.80. The molecule has 0 saturated carbocycles. The summed E-state index contributed by atoms with van der Waals surface area (Å²) in [4.78, 5) is 27.0. The number of ether oxygens (including phenoxy) is 4. The first kappa shape index (κ1) is 21.5. The van der Waals surface area contributed by atoms with Crippen molar-refractivity contribution in [2.24, 2.45) is 0 Å². The molecule has 0 saturated heterocycles. The smallest absolute Gasteiger partial charge is 0.311 e. The maximum Gasteiger partial charge on any atom is 0.311 e. The number of nitrogens with zero attached hydrogens (tertiary/aromatic N) is 1. The van der Waals surface area contributed by atoms with E-state index in [2.05, 4.69) is 6.07 Å². The van der Waals surface area contributed by atoms with Gasteiger partial charge in [-0.25, -0.2) is 0 Å². The Labute approximate surface area is 176 Å². The van der Waals surface area contributed by atoms with Gasteiger partial charge >= 0.3 is 5.97 Å². The zero-order valence-corrected chi connectivity index (χ0v) is 17.8. The highest BCUT2D eigenvalue weighted by molar-refractivity contribution is 5.84. The Morgan fingerprint density at radius 2 is 1.63 bits per heavy atom. The molecule has 0 N–H and O–H groups in total. The summed E-state index contributed by atoms with van der Waals surface area (Å²) in [6.45, 7) is 2.75. The lowest BCUT2D eigenvalue weighted by molar-refractivity contribution is -0.159. The van der Waals surface area contributed by atoms with Crippen LogP contribution in [0.1, 0.15) is 23.6 Å². The lowest BCUT2D eigenvalue weighted by atomic mass is 9.99. The number of hydrogen-bond donors (Lipinski definition) is 0. The number of esters is 1. The molecule has 2 aromatic rings. The van der Waals surface area contributed by atoms with Crippen molar-refractivity contribution >= 4 is 11.9 Å². The molecule has 0 aliphatic carbocycles. The van der Waals surface area contributed by atoms with E-state index in [1.165, 1.54) is 26.9 Å². The summed E-state index contributed by atoms with van der Waals surface area (Å²) in [5, 5.41) is 0. The second-order valence-electron chi connectivity index (χ2n) is 7.12. The van der Waals surface area contributed by atoms with Crippen LogP contribution in [0.2, 0.25) is 0 Å². The molecule has 1 amide bonds. The molecule has 1 aliphatic rings. The molecule has 0 aromatic heterocycles. The number of methoxy groups -OCH3 is 3. The molecule has 3 rings (SSSR count). The zero-order chi connectivity index (χ0) is 21.7. The third-order valence-electron chi connectivity index (χ3n) is 5.17. The first-order valence-corrected chi connectivity index (χ1v) is 9.80. The number of carbonyl (C=O) groups is 2. The van der Waals surface area contributed by atoms with Gasteiger partial charge in [-0.15, -0.1) is 0 Å². The molecule has 0 bridgehead atoms. The fraction of sp³-hybridized carbons (Fsp3) is 0.391. The molecule has 1 atom stereocenters. The van der Waals surface area contributed by atoms with Crippen LogP contribution in [0.4, 0.5) is 0 Å². The van der Waals surface area contributed by atoms with Crippen molar-refractivity contribution in [3.8, 4) is 17.2 Å². The maximum absolute atomic E-state index is 12.8. The first-order chi connectivity index (χ1) is 14.5. The zero-order valence-electron chi connectivity index (χ0n) is 17.8. The number of amides is 1. The van der Waals surface area contributed by atoms with Crippen LogP contribution in [0.3, 0.4) is 0 Å². The van der Waals surface area contributed by atoms with Gasteiger partial charge in [-0.3, -0.25) is 9.59 Å². The molecule has 0 spiro atoms. The van der Waals surface area contributed by atoms with E-state index in [4.69, 9.17) is 18.9 Å². The Morgan fingerprint density at radius 1 is 1.00 bits per heavy atom. The Bertz CT molecular complexity index is 901. The van der Waals surface area contributed by atoms with E-state index in [1.54, 1.807) is 24.0 Å². The molecular formula is C23H27NO6. The maximum atomic E-state index is 12.8. The van der Waals surface area contributed by atoms with Crippen molar-refractivity contribution in [1.82, 2.24) is 4.90 Å². The SMILES string of the molecule is COc1cc(CC(=O)O[C@H](C)C(=O)N2CCc3ccccc3C2)cc(OC)c1OC. The lowest BCUT2D eigenvalue weighted by Crippen LogP contribution is -2.42. The van der Waals surface area contributed by atoms with Crippen molar-refractivity contribution in [1.29, 1.82) is 0 Å². The normalized spacial score (nSPS) is 13.8. The number of rotatable bonds is 7. The largest absolute Gasteiger partial charge is 0.493 e. The van der Waals surface area contributed by atoms with Crippen LogP contribution in [0.15, 0.2) is 36.4 Å². The summed E-state index contributed by atoms with van der Waals surface area (Å²) < 4.78 is 21.3. The minimum Gasteiger partial charge on any atom is -0.493 e. The van der Waals surface area contributed by atoms with Crippen LogP contribution in [-0.4, -0.2) is 50.8 Å². The van der Waals surface area contributed by atoms with Crippen LogP contribution >= 0.6 is 0 Å². The summed E-state index contributed by atoms with van der Waals surface area (Å²) >= 11 is 0. The van der Waals surface area contributed by atoms with Gasteiger partial charge in [-0.2, -0.15) is 0 Å². The summed E-state index contributed by atoms with van der Waals surface area (Å²) in [5.74, 6) is 0.669. The number of carbonyl (C=O) groups excluding carboxylic acids is 2. The van der Waals surface area contributed by atoms with E-state index in [1.807, 2.05) is 18.2 Å². The van der Waals surface area contributed by atoms with Crippen LogP contribution in [0, 0.1) is 0 Å². The fourth-order valence-corrected chi connectivity index (χ4v) is 3.63. The third kappa shape index (κ3) is 4.67. The number of hydrogen-bond acceptors (Lipinski definition) is 6. The van der Waals surface area contributed by atoms with Crippen molar-refractivity contribution in [2.75, 3.05) is 27.9 Å². The van der Waals surface area contributed by atoms with E-state index in [9.17, 15) is 9.59 Å². The molecule has 1 aliphatic heterocycles. The van der Waals surface area contributed by atoms with Gasteiger partial charge in [0.1, 0.15) is 0 Å². The van der Waals surface area contributed by atoms with Crippen molar-refractivity contribution < 1.29 is 28.5 Å². The van der Waals surface area contributed by atoms with Gasteiger partial charge in [0.2, 0.25) is 5.75 Å². The average Bonchev–Trinajstić information content (AvgIpc) is 2.77. The van der Waals surface area contributed by atoms with Gasteiger partial charge in [0.25, 0.3) is 5.91 Å². The molecule has 1 heterocycles. The quantitative estimate of drug-likeness (QED) is 0.650. The molecule has 30 heavy (non-hydrogen) atoms. The Morgan fingerprint density at radius 3 is 2.23 bits per heavy atom. The van der Waals surface area contributed by atoms with E-state index in [-0.39, 0.29) is 12.3 Å². The molecule has 0 radical (unpaired) electrons. The number of benzene rings is 2. The van der Waals surface area contributed by atoms with E-state index >= 15 is 0 Å². The second kappa shape index (κ2) is 9.52. The molecule has 0 unspecified atom stereocenters. The lowest BCUT2D eigenvalue weighted by Gasteiger charge is -2.30. The van der Waals surface area contributed by atoms with Gasteiger partial charge in [0.15, 0.2) is 17.6 Å². The predicted octanol–water partition coefficient (Wildman–Crippen LogP) is 2.77. The Balaban J connectivity index is 1.63. The Kier molecular flexibility index (Phi) is 6.82. The molecule has 2 aromatic carbocycles.